The van der Waals surface area contributed by atoms with Crippen molar-refractivity contribution in [3.05, 3.63) is 52.3 Å². The van der Waals surface area contributed by atoms with Gasteiger partial charge in [-0.3, -0.25) is 9.52 Å². The van der Waals surface area contributed by atoms with Gasteiger partial charge in [0.1, 0.15) is 12.2 Å². The largest absolute Gasteiger partial charge is 0.402 e. The van der Waals surface area contributed by atoms with Gasteiger partial charge in [0.15, 0.2) is 0 Å². The number of aromatic nitrogens is 1. The van der Waals surface area contributed by atoms with Crippen LogP contribution in [0.2, 0.25) is 0 Å². The number of primary amides is 1. The van der Waals surface area contributed by atoms with Crippen LogP contribution in [0.5, 0.6) is 0 Å². The number of halogens is 3. The number of aryl methyl sites for hydroxylation is 1. The Morgan fingerprint density at radius 1 is 1.30 bits per heavy atom. The van der Waals surface area contributed by atoms with E-state index in [1.165, 1.54) is 6.07 Å². The quantitative estimate of drug-likeness (QED) is 0.587. The standard InChI is InChI=1S/C16H17F3N4O3S/c1-8-5-9(22-27(25,26)23(2)7-16(17,18)19)3-4-10(8)13-11-6-12(15(20)24)21-14(11)13/h3-6,13,21-22H,7H2,1-2H3,(H2,20,24). The molecule has 3 rings (SSSR count). The van der Waals surface area contributed by atoms with E-state index in [0.717, 1.165) is 29.4 Å². The maximum absolute atomic E-state index is 12.4. The summed E-state index contributed by atoms with van der Waals surface area (Å²) in [6.07, 6.45) is -4.63. The summed E-state index contributed by atoms with van der Waals surface area (Å²) >= 11 is 0. The molecule has 1 aliphatic carbocycles. The van der Waals surface area contributed by atoms with Gasteiger partial charge in [0.25, 0.3) is 5.91 Å². The summed E-state index contributed by atoms with van der Waals surface area (Å²) in [5, 5.41) is 0. The van der Waals surface area contributed by atoms with Crippen molar-refractivity contribution in [2.75, 3.05) is 18.3 Å². The van der Waals surface area contributed by atoms with E-state index < -0.39 is 28.8 Å². The van der Waals surface area contributed by atoms with Crippen LogP contribution in [0.15, 0.2) is 24.3 Å². The first kappa shape index (κ1) is 19.2. The lowest BCUT2D eigenvalue weighted by atomic mass is 10.0. The lowest BCUT2D eigenvalue weighted by Gasteiger charge is -2.20. The number of hydrogen-bond acceptors (Lipinski definition) is 3. The Morgan fingerprint density at radius 3 is 2.44 bits per heavy atom. The maximum atomic E-state index is 12.4. The fourth-order valence-corrected chi connectivity index (χ4v) is 3.86. The van der Waals surface area contributed by atoms with Crippen LogP contribution in [0.25, 0.3) is 0 Å². The van der Waals surface area contributed by atoms with Crippen LogP contribution in [0.4, 0.5) is 18.9 Å². The molecule has 1 aromatic carbocycles. The Balaban J connectivity index is 1.74. The highest BCUT2D eigenvalue weighted by Gasteiger charge is 2.39. The van der Waals surface area contributed by atoms with Crippen molar-refractivity contribution < 1.29 is 26.4 Å². The molecular weight excluding hydrogens is 385 g/mol. The highest BCUT2D eigenvalue weighted by Crippen LogP contribution is 2.49. The van der Waals surface area contributed by atoms with Crippen LogP contribution >= 0.6 is 0 Å². The van der Waals surface area contributed by atoms with Crippen molar-refractivity contribution in [1.82, 2.24) is 9.29 Å². The summed E-state index contributed by atoms with van der Waals surface area (Å²) in [6.45, 7) is 0.179. The van der Waals surface area contributed by atoms with Gasteiger partial charge in [-0.1, -0.05) is 6.07 Å². The Kier molecular flexibility index (Phi) is 4.47. The number of alkyl halides is 3. The van der Waals surface area contributed by atoms with Crippen molar-refractivity contribution in [1.29, 1.82) is 0 Å². The third-order valence-corrected chi connectivity index (χ3v) is 5.75. The van der Waals surface area contributed by atoms with Gasteiger partial charge in [-0.15, -0.1) is 0 Å². The molecule has 0 bridgehead atoms. The Morgan fingerprint density at radius 2 is 1.96 bits per heavy atom. The molecule has 7 nitrogen and oxygen atoms in total. The van der Waals surface area contributed by atoms with E-state index in [9.17, 15) is 26.4 Å². The smallest absolute Gasteiger partial charge is 0.364 e. The van der Waals surface area contributed by atoms with Crippen LogP contribution in [0, 0.1) is 6.92 Å². The second-order valence-electron chi connectivity index (χ2n) is 6.40. The molecule has 0 saturated carbocycles. The van der Waals surface area contributed by atoms with E-state index in [4.69, 9.17) is 5.73 Å². The summed E-state index contributed by atoms with van der Waals surface area (Å²) < 4.78 is 63.6. The minimum atomic E-state index is -4.63. The molecule has 1 unspecified atom stereocenters. The molecule has 0 spiro atoms. The second-order valence-corrected chi connectivity index (χ2v) is 8.18. The number of amides is 1. The van der Waals surface area contributed by atoms with E-state index in [1.54, 1.807) is 25.1 Å². The van der Waals surface area contributed by atoms with E-state index >= 15 is 0 Å². The van der Waals surface area contributed by atoms with Gasteiger partial charge < -0.3 is 10.7 Å². The number of rotatable bonds is 6. The van der Waals surface area contributed by atoms with Crippen LogP contribution in [-0.4, -0.2) is 43.4 Å². The first-order valence-electron chi connectivity index (χ1n) is 7.83. The number of benzene rings is 1. The van der Waals surface area contributed by atoms with Crippen molar-refractivity contribution in [3.8, 4) is 0 Å². The SMILES string of the molecule is Cc1cc(NS(=O)(=O)N(C)CC(F)(F)F)ccc1C1c2cc(C(N)=O)[nH]c21. The number of nitrogens with one attached hydrogen (secondary N) is 2. The zero-order chi connectivity index (χ0) is 20.1. The summed E-state index contributed by atoms with van der Waals surface area (Å²) in [5.74, 6) is -0.572. The number of carbonyl (C=O) groups excluding carboxylic acids is 1. The number of hydrogen-bond donors (Lipinski definition) is 3. The summed E-state index contributed by atoms with van der Waals surface area (Å²) in [5.41, 5.74) is 9.14. The number of nitrogens with zero attached hydrogens (tertiary/aromatic N) is 1. The average molecular weight is 402 g/mol. The molecule has 0 saturated heterocycles. The Labute approximate surface area is 153 Å². The first-order chi connectivity index (χ1) is 12.4. The van der Waals surface area contributed by atoms with Gasteiger partial charge in [0.2, 0.25) is 0 Å². The summed E-state index contributed by atoms with van der Waals surface area (Å²) in [4.78, 5) is 14.1. The maximum Gasteiger partial charge on any atom is 0.402 e. The van der Waals surface area contributed by atoms with Crippen LogP contribution in [0.3, 0.4) is 0 Å². The Bertz CT molecular complexity index is 993. The monoisotopic (exact) mass is 402 g/mol. The van der Waals surface area contributed by atoms with Crippen molar-refractivity contribution >= 4 is 21.8 Å². The number of aromatic amines is 1. The van der Waals surface area contributed by atoms with Crippen LogP contribution in [-0.2, 0) is 10.2 Å². The Hall–Kier alpha value is -2.53. The van der Waals surface area contributed by atoms with Crippen molar-refractivity contribution in [2.45, 2.75) is 19.0 Å². The molecule has 2 aromatic rings. The van der Waals surface area contributed by atoms with Crippen molar-refractivity contribution in [3.63, 3.8) is 0 Å². The number of nitrogens with two attached hydrogens (primary N) is 1. The van der Waals surface area contributed by atoms with Gasteiger partial charge in [-0.2, -0.15) is 25.9 Å². The van der Waals surface area contributed by atoms with E-state index in [2.05, 4.69) is 9.71 Å². The lowest BCUT2D eigenvalue weighted by molar-refractivity contribution is -0.134. The molecule has 4 N–H and O–H groups in total. The molecule has 1 atom stereocenters. The van der Waals surface area contributed by atoms with E-state index in [0.29, 0.717) is 5.69 Å². The van der Waals surface area contributed by atoms with Crippen LogP contribution in [0.1, 0.15) is 38.8 Å². The molecule has 146 valence electrons. The minimum absolute atomic E-state index is 0.0216. The molecule has 1 amide bonds. The van der Waals surface area contributed by atoms with Crippen LogP contribution < -0.4 is 10.5 Å². The zero-order valence-electron chi connectivity index (χ0n) is 14.4. The summed E-state index contributed by atoms with van der Waals surface area (Å²) in [6, 6.07) is 6.39. The summed E-state index contributed by atoms with van der Waals surface area (Å²) in [7, 11) is -3.48. The molecule has 11 heteroatoms. The third-order valence-electron chi connectivity index (χ3n) is 4.30. The molecular formula is C16H17F3N4O3S. The van der Waals surface area contributed by atoms with Gasteiger partial charge in [-0.05, 0) is 41.8 Å². The van der Waals surface area contributed by atoms with Gasteiger partial charge >= 0.3 is 16.4 Å². The lowest BCUT2D eigenvalue weighted by Crippen LogP contribution is -2.39. The fraction of sp³-hybridized carbons (Fsp3) is 0.312. The third kappa shape index (κ3) is 3.93. The topological polar surface area (TPSA) is 108 Å². The predicted octanol–water partition coefficient (Wildman–Crippen LogP) is 2.07. The number of fused-ring (bicyclic) bond motifs is 1. The van der Waals surface area contributed by atoms with Crippen molar-refractivity contribution in [2.24, 2.45) is 5.73 Å². The molecule has 0 radical (unpaired) electrons. The van der Waals surface area contributed by atoms with Gasteiger partial charge in [-0.25, -0.2) is 0 Å². The molecule has 1 aromatic heterocycles. The molecule has 1 heterocycles. The normalized spacial score (nSPS) is 16.3. The van der Waals surface area contributed by atoms with E-state index in [1.807, 2.05) is 0 Å². The molecule has 0 fully saturated rings. The average Bonchev–Trinajstić information content (AvgIpc) is 2.98. The predicted molar refractivity (Wildman–Crippen MR) is 92.7 cm³/mol. The molecule has 1 aliphatic rings. The number of anilines is 1. The minimum Gasteiger partial charge on any atom is -0.364 e. The zero-order valence-corrected chi connectivity index (χ0v) is 15.2. The first-order valence-corrected chi connectivity index (χ1v) is 9.27. The highest BCUT2D eigenvalue weighted by molar-refractivity contribution is 7.90. The second kappa shape index (κ2) is 6.27. The van der Waals surface area contributed by atoms with E-state index in [-0.39, 0.29) is 15.9 Å². The highest BCUT2D eigenvalue weighted by atomic mass is 32.2. The molecule has 27 heavy (non-hydrogen) atoms. The number of carbonyl (C=O) groups is 1. The molecule has 0 aliphatic heterocycles. The van der Waals surface area contributed by atoms with Gasteiger partial charge in [0.05, 0.1) is 11.6 Å². The van der Waals surface area contributed by atoms with Gasteiger partial charge in [0, 0.05) is 12.7 Å². The fourth-order valence-electron chi connectivity index (χ4n) is 2.96. The number of H-pyrrole nitrogens is 1.